The molecular formula is C17H33NO. The van der Waals surface area contributed by atoms with Gasteiger partial charge in [-0.2, -0.15) is 0 Å². The molecule has 112 valence electrons. The normalized spacial score (nSPS) is 36.0. The SMILES string of the molecule is CCC1CCC(NCC2CCOC2)C(CC(C)C)C1. The fourth-order valence-corrected chi connectivity index (χ4v) is 3.93. The number of rotatable bonds is 6. The lowest BCUT2D eigenvalue weighted by Crippen LogP contribution is -2.43. The third kappa shape index (κ3) is 4.75. The maximum atomic E-state index is 5.48. The lowest BCUT2D eigenvalue weighted by Gasteiger charge is -2.38. The highest BCUT2D eigenvalue weighted by molar-refractivity contribution is 4.86. The van der Waals surface area contributed by atoms with Crippen molar-refractivity contribution >= 4 is 0 Å². The summed E-state index contributed by atoms with van der Waals surface area (Å²) in [5.41, 5.74) is 0. The molecule has 0 aromatic rings. The number of hydrogen-bond acceptors (Lipinski definition) is 2. The molecule has 1 heterocycles. The van der Waals surface area contributed by atoms with Gasteiger partial charge in [0.1, 0.15) is 0 Å². The predicted molar refractivity (Wildman–Crippen MR) is 81.3 cm³/mol. The zero-order valence-electron chi connectivity index (χ0n) is 13.2. The van der Waals surface area contributed by atoms with Crippen molar-refractivity contribution < 1.29 is 4.74 Å². The zero-order chi connectivity index (χ0) is 13.7. The molecule has 0 radical (unpaired) electrons. The molecule has 0 bridgehead atoms. The Balaban J connectivity index is 1.81. The number of nitrogens with one attached hydrogen (secondary N) is 1. The first-order chi connectivity index (χ1) is 9.19. The van der Waals surface area contributed by atoms with Crippen LogP contribution in [0.1, 0.15) is 59.3 Å². The van der Waals surface area contributed by atoms with E-state index in [-0.39, 0.29) is 0 Å². The highest BCUT2D eigenvalue weighted by Gasteiger charge is 2.30. The van der Waals surface area contributed by atoms with Crippen LogP contribution in [0, 0.1) is 23.7 Å². The molecule has 1 saturated heterocycles. The molecule has 2 nitrogen and oxygen atoms in total. The van der Waals surface area contributed by atoms with Crippen molar-refractivity contribution in [3.63, 3.8) is 0 Å². The minimum absolute atomic E-state index is 0.767. The second-order valence-corrected chi connectivity index (χ2v) is 7.22. The van der Waals surface area contributed by atoms with Crippen molar-refractivity contribution in [3.8, 4) is 0 Å². The topological polar surface area (TPSA) is 21.3 Å². The van der Waals surface area contributed by atoms with E-state index in [1.165, 1.54) is 45.1 Å². The van der Waals surface area contributed by atoms with Gasteiger partial charge in [-0.3, -0.25) is 0 Å². The first kappa shape index (κ1) is 15.3. The molecule has 0 spiro atoms. The molecule has 0 aromatic carbocycles. The van der Waals surface area contributed by atoms with Crippen molar-refractivity contribution in [2.45, 2.75) is 65.3 Å². The Kier molecular flexibility index (Phi) is 6.15. The molecule has 0 aromatic heterocycles. The molecule has 1 N–H and O–H groups in total. The summed E-state index contributed by atoms with van der Waals surface area (Å²) in [5, 5.41) is 3.88. The van der Waals surface area contributed by atoms with Gasteiger partial charge in [-0.1, -0.05) is 27.2 Å². The summed E-state index contributed by atoms with van der Waals surface area (Å²) in [6.07, 6.45) is 8.31. The van der Waals surface area contributed by atoms with Crippen molar-refractivity contribution in [2.75, 3.05) is 19.8 Å². The van der Waals surface area contributed by atoms with E-state index < -0.39 is 0 Å². The molecule has 2 fully saturated rings. The van der Waals surface area contributed by atoms with Crippen LogP contribution < -0.4 is 5.32 Å². The van der Waals surface area contributed by atoms with Gasteiger partial charge in [0.15, 0.2) is 0 Å². The fraction of sp³-hybridized carbons (Fsp3) is 1.00. The Morgan fingerprint density at radius 1 is 1.16 bits per heavy atom. The lowest BCUT2D eigenvalue weighted by atomic mass is 9.73. The molecule has 4 atom stereocenters. The van der Waals surface area contributed by atoms with Gasteiger partial charge >= 0.3 is 0 Å². The van der Waals surface area contributed by atoms with Crippen LogP contribution in [0.3, 0.4) is 0 Å². The molecule has 2 heteroatoms. The summed E-state index contributed by atoms with van der Waals surface area (Å²) in [6.45, 7) is 10.2. The average Bonchev–Trinajstić information content (AvgIpc) is 2.89. The van der Waals surface area contributed by atoms with E-state index >= 15 is 0 Å². The molecule has 1 aliphatic carbocycles. The summed E-state index contributed by atoms with van der Waals surface area (Å²) >= 11 is 0. The molecule has 19 heavy (non-hydrogen) atoms. The Labute approximate surface area is 119 Å². The van der Waals surface area contributed by atoms with Crippen LogP contribution in [-0.4, -0.2) is 25.8 Å². The Morgan fingerprint density at radius 3 is 2.63 bits per heavy atom. The molecule has 2 aliphatic rings. The highest BCUT2D eigenvalue weighted by atomic mass is 16.5. The zero-order valence-corrected chi connectivity index (χ0v) is 13.2. The van der Waals surface area contributed by atoms with Crippen molar-refractivity contribution in [1.82, 2.24) is 5.32 Å². The van der Waals surface area contributed by atoms with Gasteiger partial charge in [0.05, 0.1) is 6.61 Å². The van der Waals surface area contributed by atoms with Gasteiger partial charge in [0, 0.05) is 19.2 Å². The molecule has 2 rings (SSSR count). The molecular weight excluding hydrogens is 234 g/mol. The van der Waals surface area contributed by atoms with Crippen LogP contribution in [0.2, 0.25) is 0 Å². The van der Waals surface area contributed by atoms with Crippen LogP contribution in [0.5, 0.6) is 0 Å². The largest absolute Gasteiger partial charge is 0.381 e. The van der Waals surface area contributed by atoms with E-state index in [9.17, 15) is 0 Å². The molecule has 0 amide bonds. The second kappa shape index (κ2) is 7.64. The minimum Gasteiger partial charge on any atom is -0.381 e. The number of ether oxygens (including phenoxy) is 1. The van der Waals surface area contributed by atoms with Crippen molar-refractivity contribution in [1.29, 1.82) is 0 Å². The summed E-state index contributed by atoms with van der Waals surface area (Å²) in [7, 11) is 0. The van der Waals surface area contributed by atoms with Gasteiger partial charge in [-0.05, 0) is 55.8 Å². The Hall–Kier alpha value is -0.0800. The van der Waals surface area contributed by atoms with Crippen LogP contribution in [0.25, 0.3) is 0 Å². The van der Waals surface area contributed by atoms with Crippen LogP contribution in [0.15, 0.2) is 0 Å². The van der Waals surface area contributed by atoms with E-state index in [1.54, 1.807) is 0 Å². The fourth-order valence-electron chi connectivity index (χ4n) is 3.93. The standard InChI is InChI=1S/C17H33NO/c1-4-14-5-6-17(16(10-14)9-13(2)3)18-11-15-7-8-19-12-15/h13-18H,4-12H2,1-3H3. The van der Waals surface area contributed by atoms with Gasteiger partial charge in [0.25, 0.3) is 0 Å². The van der Waals surface area contributed by atoms with Gasteiger partial charge in [0.2, 0.25) is 0 Å². The maximum absolute atomic E-state index is 5.48. The third-order valence-corrected chi connectivity index (χ3v) is 5.14. The monoisotopic (exact) mass is 267 g/mol. The summed E-state index contributed by atoms with van der Waals surface area (Å²) in [6, 6.07) is 0.769. The Morgan fingerprint density at radius 2 is 2.00 bits per heavy atom. The smallest absolute Gasteiger partial charge is 0.0507 e. The van der Waals surface area contributed by atoms with Crippen LogP contribution >= 0.6 is 0 Å². The van der Waals surface area contributed by atoms with Crippen molar-refractivity contribution in [2.24, 2.45) is 23.7 Å². The first-order valence-electron chi connectivity index (χ1n) is 8.50. The van der Waals surface area contributed by atoms with E-state index in [4.69, 9.17) is 4.74 Å². The van der Waals surface area contributed by atoms with E-state index in [1.807, 2.05) is 0 Å². The maximum Gasteiger partial charge on any atom is 0.0507 e. The van der Waals surface area contributed by atoms with Gasteiger partial charge in [-0.15, -0.1) is 0 Å². The molecule has 4 unspecified atom stereocenters. The van der Waals surface area contributed by atoms with E-state index in [2.05, 4.69) is 26.1 Å². The summed E-state index contributed by atoms with van der Waals surface area (Å²) < 4.78 is 5.48. The summed E-state index contributed by atoms with van der Waals surface area (Å²) in [4.78, 5) is 0. The van der Waals surface area contributed by atoms with Crippen LogP contribution in [0.4, 0.5) is 0 Å². The average molecular weight is 267 g/mol. The third-order valence-electron chi connectivity index (χ3n) is 5.14. The minimum atomic E-state index is 0.767. The van der Waals surface area contributed by atoms with E-state index in [0.29, 0.717) is 0 Å². The van der Waals surface area contributed by atoms with E-state index in [0.717, 1.165) is 42.9 Å². The van der Waals surface area contributed by atoms with Gasteiger partial charge in [-0.25, -0.2) is 0 Å². The first-order valence-corrected chi connectivity index (χ1v) is 8.50. The summed E-state index contributed by atoms with van der Waals surface area (Å²) in [5.74, 6) is 3.49. The van der Waals surface area contributed by atoms with Crippen molar-refractivity contribution in [3.05, 3.63) is 0 Å². The second-order valence-electron chi connectivity index (χ2n) is 7.22. The van der Waals surface area contributed by atoms with Crippen LogP contribution in [-0.2, 0) is 4.74 Å². The quantitative estimate of drug-likeness (QED) is 0.789. The molecule has 1 aliphatic heterocycles. The van der Waals surface area contributed by atoms with Gasteiger partial charge < -0.3 is 10.1 Å². The predicted octanol–water partition coefficient (Wildman–Crippen LogP) is 3.85. The highest BCUT2D eigenvalue weighted by Crippen LogP contribution is 2.35. The number of hydrogen-bond donors (Lipinski definition) is 1. The molecule has 1 saturated carbocycles. The Bertz CT molecular complexity index is 248. The lowest BCUT2D eigenvalue weighted by molar-refractivity contribution is 0.162.